The highest BCUT2D eigenvalue weighted by Crippen LogP contribution is 2.26. The van der Waals surface area contributed by atoms with Gasteiger partial charge < -0.3 is 0 Å². The van der Waals surface area contributed by atoms with Crippen LogP contribution in [0.1, 0.15) is 11.1 Å². The van der Waals surface area contributed by atoms with Crippen molar-refractivity contribution in [3.8, 4) is 28.1 Å². The van der Waals surface area contributed by atoms with Crippen LogP contribution in [0.15, 0.2) is 85.1 Å². The Kier molecular flexibility index (Phi) is 3.95. The van der Waals surface area contributed by atoms with Crippen molar-refractivity contribution < 1.29 is 0 Å². The summed E-state index contributed by atoms with van der Waals surface area (Å²) in [6.07, 6.45) is 2.00. The van der Waals surface area contributed by atoms with Crippen LogP contribution in [0.3, 0.4) is 0 Å². The molecule has 122 valence electrons. The molecule has 0 atom stereocenters. The number of nitrogens with zero attached hydrogens (tertiary/aromatic N) is 2. The summed E-state index contributed by atoms with van der Waals surface area (Å²) in [7, 11) is 0. The molecule has 2 heteroatoms. The summed E-state index contributed by atoms with van der Waals surface area (Å²) in [4.78, 5) is 0. The second kappa shape index (κ2) is 6.40. The molecule has 0 aliphatic rings. The molecular weight excluding hydrogens is 304 g/mol. The first-order valence-electron chi connectivity index (χ1n) is 8.49. The van der Waals surface area contributed by atoms with Crippen LogP contribution in [-0.4, -0.2) is 9.78 Å². The summed E-state index contributed by atoms with van der Waals surface area (Å²) in [6, 6.07) is 27.5. The maximum atomic E-state index is 4.70. The molecule has 0 saturated carbocycles. The summed E-state index contributed by atoms with van der Waals surface area (Å²) < 4.78 is 1.91. The third-order valence-electron chi connectivity index (χ3n) is 4.35. The van der Waals surface area contributed by atoms with Gasteiger partial charge in [-0.05, 0) is 43.2 Å². The minimum absolute atomic E-state index is 0.982. The van der Waals surface area contributed by atoms with Gasteiger partial charge in [0.25, 0.3) is 0 Å². The molecular formula is C23H20N2. The number of rotatable bonds is 3. The smallest absolute Gasteiger partial charge is 0.0927 e. The van der Waals surface area contributed by atoms with Crippen molar-refractivity contribution in [1.82, 2.24) is 9.78 Å². The van der Waals surface area contributed by atoms with Crippen molar-refractivity contribution in [1.29, 1.82) is 0 Å². The molecule has 0 radical (unpaired) electrons. The highest BCUT2D eigenvalue weighted by Gasteiger charge is 2.05. The largest absolute Gasteiger partial charge is 0.240 e. The third-order valence-corrected chi connectivity index (χ3v) is 4.35. The number of aryl methyl sites for hydroxylation is 2. The predicted molar refractivity (Wildman–Crippen MR) is 104 cm³/mol. The van der Waals surface area contributed by atoms with Crippen LogP contribution in [0, 0.1) is 13.8 Å². The minimum atomic E-state index is 0.982. The van der Waals surface area contributed by atoms with Gasteiger partial charge >= 0.3 is 0 Å². The fourth-order valence-corrected chi connectivity index (χ4v) is 3.18. The van der Waals surface area contributed by atoms with Gasteiger partial charge in [0.1, 0.15) is 0 Å². The van der Waals surface area contributed by atoms with Gasteiger partial charge in [-0.3, -0.25) is 0 Å². The lowest BCUT2D eigenvalue weighted by molar-refractivity contribution is 0.884. The van der Waals surface area contributed by atoms with E-state index in [1.807, 2.05) is 29.1 Å². The number of aromatic nitrogens is 2. The van der Waals surface area contributed by atoms with Crippen molar-refractivity contribution in [2.45, 2.75) is 13.8 Å². The number of hydrogen-bond acceptors (Lipinski definition) is 1. The van der Waals surface area contributed by atoms with Crippen molar-refractivity contribution >= 4 is 0 Å². The molecule has 2 nitrogen and oxygen atoms in total. The molecule has 0 aliphatic carbocycles. The Labute approximate surface area is 148 Å². The predicted octanol–water partition coefficient (Wildman–Crippen LogP) is 5.82. The number of benzene rings is 3. The van der Waals surface area contributed by atoms with Gasteiger partial charge in [0.2, 0.25) is 0 Å². The van der Waals surface area contributed by atoms with Crippen LogP contribution in [0.2, 0.25) is 0 Å². The molecule has 0 N–H and O–H groups in total. The van der Waals surface area contributed by atoms with E-state index < -0.39 is 0 Å². The molecule has 1 aromatic heterocycles. The van der Waals surface area contributed by atoms with E-state index in [1.165, 1.54) is 22.3 Å². The van der Waals surface area contributed by atoms with Gasteiger partial charge in [-0.2, -0.15) is 5.10 Å². The van der Waals surface area contributed by atoms with Crippen LogP contribution >= 0.6 is 0 Å². The summed E-state index contributed by atoms with van der Waals surface area (Å²) in [5, 5.41) is 4.70. The molecule has 4 aromatic rings. The van der Waals surface area contributed by atoms with Gasteiger partial charge in [0, 0.05) is 11.8 Å². The fraction of sp³-hybridized carbons (Fsp3) is 0.0870. The van der Waals surface area contributed by atoms with Gasteiger partial charge in [-0.1, -0.05) is 71.8 Å². The lowest BCUT2D eigenvalue weighted by Crippen LogP contribution is -1.94. The molecule has 0 aliphatic heterocycles. The Bertz CT molecular complexity index is 976. The standard InChI is InChI=1S/C23H20N2/c1-17-14-18(2)16-21(15-17)19-8-10-20(11-9-19)23-12-13-25(24-23)22-6-4-3-5-7-22/h3-16H,1-2H3. The molecule has 0 fully saturated rings. The van der Waals surface area contributed by atoms with Crippen LogP contribution in [0.25, 0.3) is 28.1 Å². The van der Waals surface area contributed by atoms with Gasteiger partial charge in [0.05, 0.1) is 11.4 Å². The van der Waals surface area contributed by atoms with E-state index in [2.05, 4.69) is 74.5 Å². The quantitative estimate of drug-likeness (QED) is 0.464. The molecule has 0 spiro atoms. The Balaban J connectivity index is 1.63. The van der Waals surface area contributed by atoms with E-state index in [0.29, 0.717) is 0 Å². The normalized spacial score (nSPS) is 10.8. The average Bonchev–Trinajstić information content (AvgIpc) is 3.12. The Morgan fingerprint density at radius 3 is 1.96 bits per heavy atom. The van der Waals surface area contributed by atoms with Crippen molar-refractivity contribution in [2.24, 2.45) is 0 Å². The van der Waals surface area contributed by atoms with Gasteiger partial charge in [-0.15, -0.1) is 0 Å². The molecule has 0 saturated heterocycles. The van der Waals surface area contributed by atoms with Crippen molar-refractivity contribution in [3.05, 3.63) is 96.2 Å². The van der Waals surface area contributed by atoms with Crippen LogP contribution in [0.5, 0.6) is 0 Å². The highest BCUT2D eigenvalue weighted by molar-refractivity contribution is 5.69. The molecule has 0 bridgehead atoms. The number of hydrogen-bond donors (Lipinski definition) is 0. The summed E-state index contributed by atoms with van der Waals surface area (Å²) in [5.74, 6) is 0. The monoisotopic (exact) mass is 324 g/mol. The topological polar surface area (TPSA) is 17.8 Å². The lowest BCUT2D eigenvalue weighted by atomic mass is 9.99. The maximum Gasteiger partial charge on any atom is 0.0927 e. The molecule has 3 aromatic carbocycles. The Morgan fingerprint density at radius 2 is 1.28 bits per heavy atom. The number of para-hydroxylation sites is 1. The second-order valence-corrected chi connectivity index (χ2v) is 6.43. The molecule has 25 heavy (non-hydrogen) atoms. The zero-order valence-corrected chi connectivity index (χ0v) is 14.5. The minimum Gasteiger partial charge on any atom is -0.240 e. The summed E-state index contributed by atoms with van der Waals surface area (Å²) in [6.45, 7) is 4.28. The zero-order chi connectivity index (χ0) is 17.2. The van der Waals surface area contributed by atoms with Crippen molar-refractivity contribution in [3.63, 3.8) is 0 Å². The van der Waals surface area contributed by atoms with Crippen LogP contribution < -0.4 is 0 Å². The third kappa shape index (κ3) is 3.24. The first-order valence-corrected chi connectivity index (χ1v) is 8.49. The van der Waals surface area contributed by atoms with E-state index in [1.54, 1.807) is 0 Å². The van der Waals surface area contributed by atoms with E-state index >= 15 is 0 Å². The Morgan fingerprint density at radius 1 is 0.640 bits per heavy atom. The van der Waals surface area contributed by atoms with Crippen LogP contribution in [-0.2, 0) is 0 Å². The first kappa shape index (κ1) is 15.4. The summed E-state index contributed by atoms with van der Waals surface area (Å²) >= 11 is 0. The molecule has 0 unspecified atom stereocenters. The molecule has 4 rings (SSSR count). The van der Waals surface area contributed by atoms with E-state index in [0.717, 1.165) is 16.9 Å². The molecule has 1 heterocycles. The SMILES string of the molecule is Cc1cc(C)cc(-c2ccc(-c3ccn(-c4ccccc4)n3)cc2)c1. The lowest BCUT2D eigenvalue weighted by Gasteiger charge is -2.06. The van der Waals surface area contributed by atoms with Gasteiger partial charge in [-0.25, -0.2) is 4.68 Å². The van der Waals surface area contributed by atoms with Crippen molar-refractivity contribution in [2.75, 3.05) is 0 Å². The van der Waals surface area contributed by atoms with E-state index in [-0.39, 0.29) is 0 Å². The van der Waals surface area contributed by atoms with Gasteiger partial charge in [0.15, 0.2) is 0 Å². The summed E-state index contributed by atoms with van der Waals surface area (Å²) in [5.41, 5.74) is 8.26. The fourth-order valence-electron chi connectivity index (χ4n) is 3.18. The first-order chi connectivity index (χ1) is 12.2. The zero-order valence-electron chi connectivity index (χ0n) is 14.5. The molecule has 0 amide bonds. The second-order valence-electron chi connectivity index (χ2n) is 6.43. The average molecular weight is 324 g/mol. The van der Waals surface area contributed by atoms with E-state index in [9.17, 15) is 0 Å². The maximum absolute atomic E-state index is 4.70. The van der Waals surface area contributed by atoms with E-state index in [4.69, 9.17) is 5.10 Å². The van der Waals surface area contributed by atoms with Crippen LogP contribution in [0.4, 0.5) is 0 Å². The highest BCUT2D eigenvalue weighted by atomic mass is 15.3. The Hall–Kier alpha value is -3.13.